The molecule has 18 heavy (non-hydrogen) atoms. The number of nitrogens with two attached hydrogens (primary N) is 2. The molecule has 1 aromatic carbocycles. The molecule has 0 aliphatic rings. The van der Waals surface area contributed by atoms with Crippen molar-refractivity contribution in [1.29, 1.82) is 0 Å². The molecule has 0 heterocycles. The summed E-state index contributed by atoms with van der Waals surface area (Å²) in [6.07, 6.45) is 0.339. The lowest BCUT2D eigenvalue weighted by molar-refractivity contribution is -0.123. The first-order valence-corrected chi connectivity index (χ1v) is 5.47. The van der Waals surface area contributed by atoms with Gasteiger partial charge in [0.05, 0.1) is 5.69 Å². The van der Waals surface area contributed by atoms with Gasteiger partial charge in [0.1, 0.15) is 11.4 Å². The molecule has 0 aliphatic heterocycles. The standard InChI is InChI=1S/C12H16FN3O2/c1-3-12(2,11(15)18)16-10(17)7-4-5-9(14)8(13)6-7/h4-6H,3,14H2,1-2H3,(H2,15,18)(H,16,17). The number of nitrogen functional groups attached to an aromatic ring is 1. The Bertz CT molecular complexity index is 490. The second-order valence-corrected chi connectivity index (χ2v) is 4.24. The van der Waals surface area contributed by atoms with Gasteiger partial charge in [0.15, 0.2) is 0 Å². The molecule has 0 aromatic heterocycles. The highest BCUT2D eigenvalue weighted by Gasteiger charge is 2.31. The molecule has 5 nitrogen and oxygen atoms in total. The van der Waals surface area contributed by atoms with Crippen molar-refractivity contribution in [2.75, 3.05) is 5.73 Å². The van der Waals surface area contributed by atoms with Crippen LogP contribution in [-0.4, -0.2) is 17.4 Å². The number of carbonyl (C=O) groups excluding carboxylic acids is 2. The first-order chi connectivity index (χ1) is 8.30. The van der Waals surface area contributed by atoms with Crippen molar-refractivity contribution in [3.05, 3.63) is 29.6 Å². The fourth-order valence-electron chi connectivity index (χ4n) is 1.32. The molecule has 1 aromatic rings. The van der Waals surface area contributed by atoms with Crippen molar-refractivity contribution >= 4 is 17.5 Å². The fraction of sp³-hybridized carbons (Fsp3) is 0.333. The summed E-state index contributed by atoms with van der Waals surface area (Å²) in [6.45, 7) is 3.23. The van der Waals surface area contributed by atoms with E-state index in [1.807, 2.05) is 0 Å². The van der Waals surface area contributed by atoms with Gasteiger partial charge in [-0.3, -0.25) is 9.59 Å². The van der Waals surface area contributed by atoms with Crippen LogP contribution in [0.1, 0.15) is 30.6 Å². The average molecular weight is 253 g/mol. The molecular weight excluding hydrogens is 237 g/mol. The van der Waals surface area contributed by atoms with Crippen molar-refractivity contribution in [3.8, 4) is 0 Å². The minimum atomic E-state index is -1.16. The van der Waals surface area contributed by atoms with Crippen LogP contribution in [0.25, 0.3) is 0 Å². The Morgan fingerprint density at radius 3 is 2.50 bits per heavy atom. The van der Waals surface area contributed by atoms with E-state index in [0.717, 1.165) is 6.07 Å². The molecule has 5 N–H and O–H groups in total. The quantitative estimate of drug-likeness (QED) is 0.692. The Kier molecular flexibility index (Phi) is 3.90. The number of nitrogens with one attached hydrogen (secondary N) is 1. The number of anilines is 1. The highest BCUT2D eigenvalue weighted by molar-refractivity contribution is 5.98. The predicted molar refractivity (Wildman–Crippen MR) is 66.2 cm³/mol. The Hall–Kier alpha value is -2.11. The maximum atomic E-state index is 13.2. The minimum absolute atomic E-state index is 0.0419. The fourth-order valence-corrected chi connectivity index (χ4v) is 1.32. The summed E-state index contributed by atoms with van der Waals surface area (Å²) in [6, 6.07) is 3.68. The Morgan fingerprint density at radius 1 is 1.44 bits per heavy atom. The first kappa shape index (κ1) is 14.0. The maximum absolute atomic E-state index is 13.2. The van der Waals surface area contributed by atoms with Crippen LogP contribution in [0.5, 0.6) is 0 Å². The van der Waals surface area contributed by atoms with Crippen molar-refractivity contribution in [1.82, 2.24) is 5.32 Å². The number of primary amides is 1. The van der Waals surface area contributed by atoms with Crippen molar-refractivity contribution in [3.63, 3.8) is 0 Å². The molecule has 6 heteroatoms. The van der Waals surface area contributed by atoms with Crippen LogP contribution >= 0.6 is 0 Å². The normalized spacial score (nSPS) is 13.7. The smallest absolute Gasteiger partial charge is 0.252 e. The molecule has 0 aliphatic carbocycles. The third-order valence-electron chi connectivity index (χ3n) is 2.90. The zero-order valence-corrected chi connectivity index (χ0v) is 10.3. The van der Waals surface area contributed by atoms with E-state index in [4.69, 9.17) is 11.5 Å². The first-order valence-electron chi connectivity index (χ1n) is 5.47. The van der Waals surface area contributed by atoms with E-state index in [-0.39, 0.29) is 11.3 Å². The van der Waals surface area contributed by atoms with E-state index in [1.165, 1.54) is 19.1 Å². The number of benzene rings is 1. The van der Waals surface area contributed by atoms with Crippen LogP contribution in [0, 0.1) is 5.82 Å². The maximum Gasteiger partial charge on any atom is 0.252 e. The monoisotopic (exact) mass is 253 g/mol. The van der Waals surface area contributed by atoms with Crippen molar-refractivity contribution in [2.45, 2.75) is 25.8 Å². The van der Waals surface area contributed by atoms with Gasteiger partial charge >= 0.3 is 0 Å². The molecule has 2 amide bonds. The highest BCUT2D eigenvalue weighted by Crippen LogP contribution is 2.14. The second-order valence-electron chi connectivity index (χ2n) is 4.24. The van der Waals surface area contributed by atoms with Crippen molar-refractivity contribution in [2.24, 2.45) is 5.73 Å². The van der Waals surface area contributed by atoms with Crippen LogP contribution in [0.4, 0.5) is 10.1 Å². The number of halogens is 1. The summed E-state index contributed by atoms with van der Waals surface area (Å²) in [5, 5.41) is 2.48. The summed E-state index contributed by atoms with van der Waals surface area (Å²) in [5.74, 6) is -1.90. The van der Waals surface area contributed by atoms with E-state index in [9.17, 15) is 14.0 Å². The summed E-state index contributed by atoms with van der Waals surface area (Å²) in [4.78, 5) is 23.1. The number of hydrogen-bond donors (Lipinski definition) is 3. The van der Waals surface area contributed by atoms with Crippen LogP contribution < -0.4 is 16.8 Å². The molecule has 1 rings (SSSR count). The van der Waals surface area contributed by atoms with Gasteiger partial charge in [-0.05, 0) is 31.5 Å². The van der Waals surface area contributed by atoms with Crippen LogP contribution in [0.15, 0.2) is 18.2 Å². The van der Waals surface area contributed by atoms with E-state index in [1.54, 1.807) is 6.92 Å². The zero-order valence-electron chi connectivity index (χ0n) is 10.3. The largest absolute Gasteiger partial charge is 0.396 e. The summed E-state index contributed by atoms with van der Waals surface area (Å²) in [5.41, 5.74) is 9.41. The molecule has 0 saturated heterocycles. The SMILES string of the molecule is CCC(C)(NC(=O)c1ccc(N)c(F)c1)C(N)=O. The third-order valence-corrected chi connectivity index (χ3v) is 2.90. The summed E-state index contributed by atoms with van der Waals surface area (Å²) < 4.78 is 13.2. The van der Waals surface area contributed by atoms with Crippen molar-refractivity contribution < 1.29 is 14.0 Å². The van der Waals surface area contributed by atoms with Gasteiger partial charge in [-0.2, -0.15) is 0 Å². The lowest BCUT2D eigenvalue weighted by atomic mass is 9.97. The van der Waals surface area contributed by atoms with Crippen LogP contribution in [-0.2, 0) is 4.79 Å². The second kappa shape index (κ2) is 5.03. The summed E-state index contributed by atoms with van der Waals surface area (Å²) in [7, 11) is 0. The molecule has 0 fully saturated rings. The van der Waals surface area contributed by atoms with Gasteiger partial charge in [0.25, 0.3) is 5.91 Å². The molecular formula is C12H16FN3O2. The van der Waals surface area contributed by atoms with E-state index >= 15 is 0 Å². The molecule has 0 spiro atoms. The Morgan fingerprint density at radius 2 is 2.06 bits per heavy atom. The topological polar surface area (TPSA) is 98.2 Å². The Balaban J connectivity index is 2.95. The molecule has 0 saturated carbocycles. The van der Waals surface area contributed by atoms with Crippen LogP contribution in [0.2, 0.25) is 0 Å². The number of amides is 2. The van der Waals surface area contributed by atoms with Gasteiger partial charge in [-0.1, -0.05) is 6.92 Å². The number of hydrogen-bond acceptors (Lipinski definition) is 3. The molecule has 1 unspecified atom stereocenters. The van der Waals surface area contributed by atoms with Gasteiger partial charge in [-0.15, -0.1) is 0 Å². The van der Waals surface area contributed by atoms with Gasteiger partial charge < -0.3 is 16.8 Å². The molecule has 1 atom stereocenters. The lowest BCUT2D eigenvalue weighted by Crippen LogP contribution is -2.54. The van der Waals surface area contributed by atoms with Gasteiger partial charge in [0.2, 0.25) is 5.91 Å². The third kappa shape index (κ3) is 2.77. The molecule has 0 bridgehead atoms. The minimum Gasteiger partial charge on any atom is -0.396 e. The predicted octanol–water partition coefficient (Wildman–Crippen LogP) is 0.792. The van der Waals surface area contributed by atoms with E-state index in [2.05, 4.69) is 5.32 Å². The highest BCUT2D eigenvalue weighted by atomic mass is 19.1. The van der Waals surface area contributed by atoms with Crippen LogP contribution in [0.3, 0.4) is 0 Å². The van der Waals surface area contributed by atoms with E-state index in [0.29, 0.717) is 6.42 Å². The number of rotatable bonds is 4. The number of carbonyl (C=O) groups is 2. The molecule has 0 radical (unpaired) electrons. The molecule has 98 valence electrons. The zero-order chi connectivity index (χ0) is 13.9. The lowest BCUT2D eigenvalue weighted by Gasteiger charge is -2.25. The van der Waals surface area contributed by atoms with Gasteiger partial charge in [0, 0.05) is 5.56 Å². The van der Waals surface area contributed by atoms with Gasteiger partial charge in [-0.25, -0.2) is 4.39 Å². The Labute approximate surface area is 104 Å². The average Bonchev–Trinajstić information content (AvgIpc) is 2.32. The summed E-state index contributed by atoms with van der Waals surface area (Å²) >= 11 is 0. The van der Waals surface area contributed by atoms with E-state index < -0.39 is 23.2 Å².